The summed E-state index contributed by atoms with van der Waals surface area (Å²) in [6.45, 7) is 4.46. The van der Waals surface area contributed by atoms with Crippen LogP contribution >= 0.6 is 0 Å². The Labute approximate surface area is 124 Å². The van der Waals surface area contributed by atoms with Crippen LogP contribution in [0.1, 0.15) is 26.0 Å². The lowest BCUT2D eigenvalue weighted by Crippen LogP contribution is -2.17. The van der Waals surface area contributed by atoms with Gasteiger partial charge in [-0.05, 0) is 6.42 Å². The summed E-state index contributed by atoms with van der Waals surface area (Å²) >= 11 is 0. The average molecular weight is 324 g/mol. The summed E-state index contributed by atoms with van der Waals surface area (Å²) < 4.78 is 49.6. The highest BCUT2D eigenvalue weighted by atomic mass is 32.2. The van der Waals surface area contributed by atoms with Crippen molar-refractivity contribution in [3.63, 3.8) is 0 Å². The molecule has 1 heterocycles. The van der Waals surface area contributed by atoms with Crippen LogP contribution in [0.15, 0.2) is 6.07 Å². The molecule has 0 amide bonds. The van der Waals surface area contributed by atoms with Crippen molar-refractivity contribution < 1.29 is 17.4 Å². The van der Waals surface area contributed by atoms with Gasteiger partial charge in [0.15, 0.2) is 5.69 Å². The summed E-state index contributed by atoms with van der Waals surface area (Å²) in [5, 5.41) is 5.49. The van der Waals surface area contributed by atoms with Crippen molar-refractivity contribution in [1.29, 1.82) is 0 Å². The van der Waals surface area contributed by atoms with E-state index in [1.807, 2.05) is 6.92 Å². The van der Waals surface area contributed by atoms with Gasteiger partial charge in [0.1, 0.15) is 5.82 Å². The maximum atomic E-state index is 12.8. The predicted molar refractivity (Wildman–Crippen MR) is 77.9 cm³/mol. The number of hydrogen-bond donors (Lipinski definition) is 2. The second-order valence-corrected chi connectivity index (χ2v) is 6.11. The number of hydrogen-bond acceptors (Lipinski definition) is 5. The van der Waals surface area contributed by atoms with E-state index in [2.05, 4.69) is 20.6 Å². The molecule has 0 saturated carbocycles. The van der Waals surface area contributed by atoms with E-state index >= 15 is 0 Å². The van der Waals surface area contributed by atoms with Crippen molar-refractivity contribution >= 4 is 22.6 Å². The number of nitrogens with one attached hydrogen (secondary N) is 2. The third kappa shape index (κ3) is 6.28. The van der Waals surface area contributed by atoms with Crippen LogP contribution in [0.3, 0.4) is 0 Å². The Morgan fingerprint density at radius 3 is 2.48 bits per heavy atom. The molecule has 1 aromatic rings. The molecule has 5 nitrogen and oxygen atoms in total. The molecule has 9 heteroatoms. The molecule has 0 radical (unpaired) electrons. The van der Waals surface area contributed by atoms with E-state index in [0.29, 0.717) is 24.6 Å². The summed E-state index contributed by atoms with van der Waals surface area (Å²) in [5.74, 6) is 0.886. The van der Waals surface area contributed by atoms with Gasteiger partial charge >= 0.3 is 6.18 Å². The molecule has 0 aliphatic rings. The molecule has 2 N–H and O–H groups in total. The molecule has 1 aromatic heterocycles. The van der Waals surface area contributed by atoms with Crippen molar-refractivity contribution in [3.05, 3.63) is 11.8 Å². The molecule has 0 aliphatic heterocycles. The van der Waals surface area contributed by atoms with Crippen LogP contribution in [-0.2, 0) is 17.0 Å². The number of halogens is 3. The third-order valence-corrected chi connectivity index (χ3v) is 3.81. The average Bonchev–Trinajstić information content (AvgIpc) is 2.43. The number of nitrogens with zero attached hydrogens (tertiary/aromatic N) is 2. The van der Waals surface area contributed by atoms with Gasteiger partial charge in [-0.1, -0.05) is 13.8 Å². The van der Waals surface area contributed by atoms with Crippen molar-refractivity contribution in [1.82, 2.24) is 9.97 Å². The first-order valence-corrected chi connectivity index (χ1v) is 8.14. The first-order chi connectivity index (χ1) is 9.86. The second kappa shape index (κ2) is 8.16. The standard InChI is InChI=1S/C12H19F3N4OS/c1-3-5-17-11-18-9(12(13,14)15)8-10(19-11)16-6-7-21(20)4-2/h8H,3-7H2,1-2H3,(H2,16,17,18,19). The molecular weight excluding hydrogens is 305 g/mol. The maximum Gasteiger partial charge on any atom is 0.433 e. The van der Waals surface area contributed by atoms with Crippen molar-refractivity contribution in [3.8, 4) is 0 Å². The molecule has 21 heavy (non-hydrogen) atoms. The summed E-state index contributed by atoms with van der Waals surface area (Å²) in [5.41, 5.74) is -1.00. The summed E-state index contributed by atoms with van der Waals surface area (Å²) in [6.07, 6.45) is -3.79. The van der Waals surface area contributed by atoms with Crippen LogP contribution in [0.5, 0.6) is 0 Å². The zero-order valence-corrected chi connectivity index (χ0v) is 12.8. The molecule has 0 saturated heterocycles. The van der Waals surface area contributed by atoms with Gasteiger partial charge in [-0.25, -0.2) is 4.98 Å². The molecule has 0 aliphatic carbocycles. The fourth-order valence-electron chi connectivity index (χ4n) is 1.44. The van der Waals surface area contributed by atoms with Crippen molar-refractivity contribution in [2.24, 2.45) is 0 Å². The Balaban J connectivity index is 2.83. The third-order valence-electron chi connectivity index (χ3n) is 2.51. The lowest BCUT2D eigenvalue weighted by Gasteiger charge is -2.12. The van der Waals surface area contributed by atoms with Gasteiger partial charge in [0, 0.05) is 41.5 Å². The molecular formula is C12H19F3N4OS. The Morgan fingerprint density at radius 2 is 1.90 bits per heavy atom. The Hall–Kier alpha value is -1.38. The second-order valence-electron chi connectivity index (χ2n) is 4.25. The fraction of sp³-hybridized carbons (Fsp3) is 0.667. The van der Waals surface area contributed by atoms with Gasteiger partial charge in [0.05, 0.1) is 0 Å². The Morgan fingerprint density at radius 1 is 1.19 bits per heavy atom. The first-order valence-electron chi connectivity index (χ1n) is 6.65. The fourth-order valence-corrected chi connectivity index (χ4v) is 2.05. The molecule has 120 valence electrons. The highest BCUT2D eigenvalue weighted by molar-refractivity contribution is 7.84. The lowest BCUT2D eigenvalue weighted by molar-refractivity contribution is -0.141. The van der Waals surface area contributed by atoms with Crippen LogP contribution < -0.4 is 10.6 Å². The largest absolute Gasteiger partial charge is 0.433 e. The zero-order chi connectivity index (χ0) is 15.9. The van der Waals surface area contributed by atoms with E-state index in [-0.39, 0.29) is 11.8 Å². The monoisotopic (exact) mass is 324 g/mol. The highest BCUT2D eigenvalue weighted by Gasteiger charge is 2.33. The first kappa shape index (κ1) is 17.7. The molecule has 1 atom stereocenters. The van der Waals surface area contributed by atoms with Gasteiger partial charge in [0.2, 0.25) is 5.95 Å². The van der Waals surface area contributed by atoms with Crippen LogP contribution in [-0.4, -0.2) is 38.8 Å². The van der Waals surface area contributed by atoms with Gasteiger partial charge in [-0.3, -0.25) is 4.21 Å². The van der Waals surface area contributed by atoms with Crippen LogP contribution in [0.2, 0.25) is 0 Å². The van der Waals surface area contributed by atoms with Crippen molar-refractivity contribution in [2.45, 2.75) is 26.4 Å². The lowest BCUT2D eigenvalue weighted by atomic mass is 10.3. The summed E-state index contributed by atoms with van der Waals surface area (Å²) in [4.78, 5) is 7.43. The normalized spacial score (nSPS) is 13.0. The molecule has 0 bridgehead atoms. The zero-order valence-electron chi connectivity index (χ0n) is 12.0. The molecule has 1 rings (SSSR count). The molecule has 0 spiro atoms. The van der Waals surface area contributed by atoms with Gasteiger partial charge in [-0.15, -0.1) is 0 Å². The van der Waals surface area contributed by atoms with E-state index in [4.69, 9.17) is 0 Å². The van der Waals surface area contributed by atoms with Gasteiger partial charge < -0.3 is 10.6 Å². The molecule has 0 aromatic carbocycles. The smallest absolute Gasteiger partial charge is 0.369 e. The van der Waals surface area contributed by atoms with Crippen LogP contribution in [0.4, 0.5) is 24.9 Å². The van der Waals surface area contributed by atoms with Crippen LogP contribution in [0.25, 0.3) is 0 Å². The number of anilines is 2. The minimum Gasteiger partial charge on any atom is -0.369 e. The predicted octanol–water partition coefficient (Wildman–Crippen LogP) is 2.50. The van der Waals surface area contributed by atoms with E-state index in [0.717, 1.165) is 12.5 Å². The SMILES string of the molecule is CCCNc1nc(NCCS(=O)CC)cc(C(F)(F)F)n1. The quantitative estimate of drug-likeness (QED) is 0.769. The van der Waals surface area contributed by atoms with E-state index in [1.165, 1.54) is 0 Å². The summed E-state index contributed by atoms with van der Waals surface area (Å²) in [6, 6.07) is 0.853. The summed E-state index contributed by atoms with van der Waals surface area (Å²) in [7, 11) is -0.977. The molecule has 1 unspecified atom stereocenters. The van der Waals surface area contributed by atoms with Crippen LogP contribution in [0, 0.1) is 0 Å². The van der Waals surface area contributed by atoms with Gasteiger partial charge in [-0.2, -0.15) is 18.2 Å². The van der Waals surface area contributed by atoms with E-state index in [9.17, 15) is 17.4 Å². The molecule has 0 fully saturated rings. The van der Waals surface area contributed by atoms with Gasteiger partial charge in [0.25, 0.3) is 0 Å². The number of rotatable bonds is 8. The van der Waals surface area contributed by atoms with E-state index in [1.54, 1.807) is 6.92 Å². The number of alkyl halides is 3. The highest BCUT2D eigenvalue weighted by Crippen LogP contribution is 2.29. The Kier molecular flexibility index (Phi) is 6.86. The van der Waals surface area contributed by atoms with Crippen molar-refractivity contribution in [2.75, 3.05) is 35.2 Å². The topological polar surface area (TPSA) is 66.9 Å². The number of aromatic nitrogens is 2. The minimum absolute atomic E-state index is 0.0641. The van der Waals surface area contributed by atoms with E-state index < -0.39 is 22.7 Å². The Bertz CT molecular complexity index is 482. The maximum absolute atomic E-state index is 12.8. The minimum atomic E-state index is -4.53.